The quantitative estimate of drug-likeness (QED) is 0.251. The molecule has 178 valence electrons. The minimum Gasteiger partial charge on any atom is -0.451 e. The molecule has 1 saturated carbocycles. The summed E-state index contributed by atoms with van der Waals surface area (Å²) in [6, 6.07) is 0. The molecule has 1 fully saturated rings. The van der Waals surface area contributed by atoms with Crippen LogP contribution in [0.15, 0.2) is 12.2 Å². The van der Waals surface area contributed by atoms with E-state index in [1.54, 1.807) is 0 Å². The van der Waals surface area contributed by atoms with Crippen molar-refractivity contribution in [2.24, 2.45) is 0 Å². The minimum atomic E-state index is -7.48. The summed E-state index contributed by atoms with van der Waals surface area (Å²) in [6.45, 7) is 0.755. The fourth-order valence-corrected chi connectivity index (χ4v) is 1.94. The lowest BCUT2D eigenvalue weighted by molar-refractivity contribution is -0.518. The Labute approximate surface area is 163 Å². The van der Waals surface area contributed by atoms with Crippen LogP contribution in [0.4, 0.5) is 48.3 Å². The molecule has 0 aliphatic heterocycles. The van der Waals surface area contributed by atoms with E-state index in [0.717, 1.165) is 6.92 Å². The average Bonchev–Trinajstić information content (AvgIpc) is 2.62. The lowest BCUT2D eigenvalue weighted by atomic mass is 9.78. The Kier molecular flexibility index (Phi) is 6.40. The molecule has 0 bridgehead atoms. The fourth-order valence-electron chi connectivity index (χ4n) is 1.94. The molecular weight excluding hydrogens is 473 g/mol. The van der Waals surface area contributed by atoms with Crippen molar-refractivity contribution >= 4 is 17.9 Å². The molecule has 0 saturated heterocycles. The van der Waals surface area contributed by atoms with Crippen molar-refractivity contribution in [2.75, 3.05) is 13.2 Å². The van der Waals surface area contributed by atoms with E-state index in [2.05, 4.69) is 20.8 Å². The molecule has 0 radical (unpaired) electrons. The first-order chi connectivity index (χ1) is 13.6. The van der Waals surface area contributed by atoms with Crippen molar-refractivity contribution in [1.29, 1.82) is 0 Å². The molecule has 0 amide bonds. The van der Waals surface area contributed by atoms with Crippen LogP contribution in [0.25, 0.3) is 0 Å². The molecule has 0 atom stereocenters. The Balaban J connectivity index is 3.09. The molecule has 0 aromatic rings. The maximum absolute atomic E-state index is 14.1. The van der Waals surface area contributed by atoms with Gasteiger partial charge in [-0.3, -0.25) is 0 Å². The van der Waals surface area contributed by atoms with E-state index >= 15 is 0 Å². The highest BCUT2D eigenvalue weighted by Crippen LogP contribution is 2.69. The second-order valence-electron chi connectivity index (χ2n) is 5.96. The summed E-state index contributed by atoms with van der Waals surface area (Å²) < 4.78 is 158. The topological polar surface area (TPSA) is 78.9 Å². The van der Waals surface area contributed by atoms with Gasteiger partial charge in [-0.1, -0.05) is 6.58 Å². The summed E-state index contributed by atoms with van der Waals surface area (Å²) in [5.74, 6) is -50.0. The normalized spacial score (nSPS) is 23.9. The maximum Gasteiger partial charge on any atom is 0.391 e. The number of hydrogen-bond acceptors (Lipinski definition) is 6. The highest BCUT2D eigenvalue weighted by Gasteiger charge is 3.03. The molecule has 6 nitrogen and oxygen atoms in total. The lowest BCUT2D eigenvalue weighted by Gasteiger charge is -2.51. The summed E-state index contributed by atoms with van der Waals surface area (Å²) in [6.07, 6.45) is 0. The Morgan fingerprint density at radius 1 is 0.645 bits per heavy atom. The SMILES string of the molecule is C=C(C)C(=O)OCC(=O)OCC(=O)OC1(F)C(F)(F)C(F)(F)C(F)(F)C(F)(F)C1(F)F. The van der Waals surface area contributed by atoms with Gasteiger partial charge in [0, 0.05) is 5.57 Å². The van der Waals surface area contributed by atoms with Gasteiger partial charge in [-0.25, -0.2) is 14.4 Å². The predicted molar refractivity (Wildman–Crippen MR) is 71.4 cm³/mol. The smallest absolute Gasteiger partial charge is 0.391 e. The molecule has 1 rings (SSSR count). The van der Waals surface area contributed by atoms with Gasteiger partial charge in [0.1, 0.15) is 0 Å². The molecule has 0 N–H and O–H groups in total. The van der Waals surface area contributed by atoms with E-state index < -0.39 is 66.6 Å². The second-order valence-corrected chi connectivity index (χ2v) is 5.96. The minimum absolute atomic E-state index is 0.244. The number of rotatable bonds is 6. The number of halogens is 11. The highest BCUT2D eigenvalue weighted by molar-refractivity contribution is 5.88. The Bertz CT molecular complexity index is 762. The third kappa shape index (κ3) is 3.56. The highest BCUT2D eigenvalue weighted by atomic mass is 19.4. The van der Waals surface area contributed by atoms with Crippen LogP contribution in [0.3, 0.4) is 0 Å². The molecule has 31 heavy (non-hydrogen) atoms. The molecule has 0 unspecified atom stereocenters. The number of hydrogen-bond donors (Lipinski definition) is 0. The molecule has 0 spiro atoms. The number of alkyl halides is 11. The van der Waals surface area contributed by atoms with E-state index in [0.29, 0.717) is 0 Å². The van der Waals surface area contributed by atoms with E-state index in [-0.39, 0.29) is 5.57 Å². The third-order valence-electron chi connectivity index (χ3n) is 3.66. The van der Waals surface area contributed by atoms with Crippen LogP contribution in [-0.4, -0.2) is 66.6 Å². The van der Waals surface area contributed by atoms with Gasteiger partial charge >= 0.3 is 53.4 Å². The molecule has 0 aromatic carbocycles. The van der Waals surface area contributed by atoms with Crippen molar-refractivity contribution < 1.29 is 76.9 Å². The summed E-state index contributed by atoms with van der Waals surface area (Å²) in [5.41, 5.74) is -0.244. The van der Waals surface area contributed by atoms with Crippen LogP contribution >= 0.6 is 0 Å². The van der Waals surface area contributed by atoms with Gasteiger partial charge < -0.3 is 14.2 Å². The zero-order valence-corrected chi connectivity index (χ0v) is 14.7. The first kappa shape index (κ1) is 26.4. The average molecular weight is 482 g/mol. The monoisotopic (exact) mass is 482 g/mol. The number of carbonyl (C=O) groups is 3. The predicted octanol–water partition coefficient (Wildman–Crippen LogP) is 3.05. The van der Waals surface area contributed by atoms with Crippen molar-refractivity contribution in [3.05, 3.63) is 12.2 Å². The van der Waals surface area contributed by atoms with Crippen molar-refractivity contribution in [3.63, 3.8) is 0 Å². The van der Waals surface area contributed by atoms with Crippen LogP contribution in [-0.2, 0) is 28.6 Å². The second kappa shape index (κ2) is 7.51. The summed E-state index contributed by atoms with van der Waals surface area (Å²) in [7, 11) is 0. The number of carbonyl (C=O) groups excluding carboxylic acids is 3. The van der Waals surface area contributed by atoms with Crippen LogP contribution in [0, 0.1) is 0 Å². The fraction of sp³-hybridized carbons (Fsp3) is 0.643. The van der Waals surface area contributed by atoms with Crippen molar-refractivity contribution in [3.8, 4) is 0 Å². The number of esters is 3. The molecule has 17 heteroatoms. The Hall–Kier alpha value is -2.62. The van der Waals surface area contributed by atoms with E-state index in [1.165, 1.54) is 0 Å². The van der Waals surface area contributed by atoms with Gasteiger partial charge in [0.25, 0.3) is 0 Å². The van der Waals surface area contributed by atoms with Crippen LogP contribution in [0.5, 0.6) is 0 Å². The van der Waals surface area contributed by atoms with Gasteiger partial charge in [-0.05, 0) is 6.92 Å². The lowest BCUT2D eigenvalue weighted by Crippen LogP contribution is -2.84. The van der Waals surface area contributed by atoms with Crippen LogP contribution < -0.4 is 0 Å². The van der Waals surface area contributed by atoms with Gasteiger partial charge in [-0.2, -0.15) is 48.3 Å². The van der Waals surface area contributed by atoms with E-state index in [9.17, 15) is 62.7 Å². The van der Waals surface area contributed by atoms with Crippen LogP contribution in [0.1, 0.15) is 6.92 Å². The standard InChI is InChI=1S/C14H9F11O6/c1-5(2)8(28)30-3-6(26)29-4-7(27)31-14(25)12(21,22)10(17,18)9(15,16)11(19,20)13(14,23)24/h1,3-4H2,2H3. The van der Waals surface area contributed by atoms with E-state index in [1.807, 2.05) is 0 Å². The van der Waals surface area contributed by atoms with Gasteiger partial charge in [-0.15, -0.1) is 0 Å². The molecule has 1 aliphatic rings. The van der Waals surface area contributed by atoms with Crippen LogP contribution in [0.2, 0.25) is 0 Å². The summed E-state index contributed by atoms with van der Waals surface area (Å²) >= 11 is 0. The molecule has 0 heterocycles. The third-order valence-corrected chi connectivity index (χ3v) is 3.66. The van der Waals surface area contributed by atoms with Gasteiger partial charge in [0.2, 0.25) is 0 Å². The molecule has 1 aliphatic carbocycles. The molecule has 0 aromatic heterocycles. The molecular formula is C14H9F11O6. The zero-order chi connectivity index (χ0) is 24.8. The number of ether oxygens (including phenoxy) is 3. The van der Waals surface area contributed by atoms with E-state index in [4.69, 9.17) is 0 Å². The first-order valence-electron chi connectivity index (χ1n) is 7.40. The van der Waals surface area contributed by atoms with Crippen molar-refractivity contribution in [2.45, 2.75) is 42.4 Å². The maximum atomic E-state index is 14.1. The Morgan fingerprint density at radius 2 is 1.00 bits per heavy atom. The largest absolute Gasteiger partial charge is 0.451 e. The summed E-state index contributed by atoms with van der Waals surface area (Å²) in [4.78, 5) is 33.3. The van der Waals surface area contributed by atoms with Crippen molar-refractivity contribution in [1.82, 2.24) is 0 Å². The van der Waals surface area contributed by atoms with Gasteiger partial charge in [0.05, 0.1) is 0 Å². The first-order valence-corrected chi connectivity index (χ1v) is 7.40. The Morgan fingerprint density at radius 3 is 1.39 bits per heavy atom. The summed E-state index contributed by atoms with van der Waals surface area (Å²) in [5, 5.41) is 0. The zero-order valence-electron chi connectivity index (χ0n) is 14.7. The van der Waals surface area contributed by atoms with Gasteiger partial charge in [0.15, 0.2) is 13.2 Å².